The lowest BCUT2D eigenvalue weighted by Crippen LogP contribution is -2.46. The number of aromatic nitrogens is 4. The second kappa shape index (κ2) is 10.1. The van der Waals surface area contributed by atoms with Gasteiger partial charge >= 0.3 is 5.97 Å². The lowest BCUT2D eigenvalue weighted by molar-refractivity contribution is 0.0695. The van der Waals surface area contributed by atoms with Crippen LogP contribution in [0.1, 0.15) is 15.9 Å². The van der Waals surface area contributed by atoms with Crippen molar-refractivity contribution in [3.05, 3.63) is 112 Å². The second-order valence-corrected chi connectivity index (χ2v) is 9.45. The highest BCUT2D eigenvalue weighted by Crippen LogP contribution is 2.29. The van der Waals surface area contributed by atoms with Gasteiger partial charge in [0.1, 0.15) is 11.4 Å². The molecule has 3 heterocycles. The first-order valence-corrected chi connectivity index (χ1v) is 12.6. The summed E-state index contributed by atoms with van der Waals surface area (Å²) in [5, 5.41) is 17.6. The lowest BCUT2D eigenvalue weighted by Gasteiger charge is -2.37. The minimum atomic E-state index is -1.36. The van der Waals surface area contributed by atoms with E-state index in [1.807, 2.05) is 47.4 Å². The summed E-state index contributed by atoms with van der Waals surface area (Å²) in [6, 6.07) is 20.4. The number of hydrogen-bond acceptors (Lipinski definition) is 6. The summed E-state index contributed by atoms with van der Waals surface area (Å²) in [4.78, 5) is 29.2. The van der Waals surface area contributed by atoms with Gasteiger partial charge in [0.05, 0.1) is 23.9 Å². The van der Waals surface area contributed by atoms with Crippen molar-refractivity contribution in [1.29, 1.82) is 0 Å². The highest BCUT2D eigenvalue weighted by molar-refractivity contribution is 5.94. The second-order valence-electron chi connectivity index (χ2n) is 9.45. The standard InChI is InChI=1S/C29H25FN6O3/c30-25-16-23-26(17-27(25)34-13-11-33(12-14-34)21-6-2-1-3-7-21)36(19-24(28(23)37)29(38)39)22-8-4-5-20(15-22)18-35-10-9-31-32-35/h1-10,15-17,19H,11-14,18H2,(H,38,39). The fraction of sp³-hybridized carbons (Fsp3) is 0.172. The first-order chi connectivity index (χ1) is 19.0. The van der Waals surface area contributed by atoms with Crippen molar-refractivity contribution < 1.29 is 14.3 Å². The zero-order chi connectivity index (χ0) is 26.9. The molecule has 0 saturated carbocycles. The Bertz CT molecular complexity index is 1710. The molecular weight excluding hydrogens is 499 g/mol. The van der Waals surface area contributed by atoms with Crippen LogP contribution >= 0.6 is 0 Å². The quantitative estimate of drug-likeness (QED) is 0.361. The van der Waals surface area contributed by atoms with Crippen molar-refractivity contribution in [2.24, 2.45) is 0 Å². The molecule has 0 aliphatic carbocycles. The third kappa shape index (κ3) is 4.72. The molecule has 1 saturated heterocycles. The van der Waals surface area contributed by atoms with E-state index in [1.165, 1.54) is 12.3 Å². The number of halogens is 1. The van der Waals surface area contributed by atoms with E-state index in [-0.39, 0.29) is 5.39 Å². The van der Waals surface area contributed by atoms with E-state index in [1.54, 1.807) is 27.7 Å². The van der Waals surface area contributed by atoms with Crippen LogP contribution in [0.4, 0.5) is 15.8 Å². The molecule has 6 rings (SSSR count). The van der Waals surface area contributed by atoms with Crippen LogP contribution in [0.2, 0.25) is 0 Å². The summed E-state index contributed by atoms with van der Waals surface area (Å²) >= 11 is 0. The number of nitrogens with zero attached hydrogens (tertiary/aromatic N) is 6. The van der Waals surface area contributed by atoms with E-state index >= 15 is 4.39 Å². The lowest BCUT2D eigenvalue weighted by atomic mass is 10.1. The first-order valence-electron chi connectivity index (χ1n) is 12.6. The normalized spacial score (nSPS) is 13.7. The topological polar surface area (TPSA) is 96.5 Å². The molecule has 0 atom stereocenters. The molecule has 0 spiro atoms. The van der Waals surface area contributed by atoms with E-state index in [9.17, 15) is 14.7 Å². The Morgan fingerprint density at radius 3 is 2.38 bits per heavy atom. The minimum absolute atomic E-state index is 0.0146. The molecular formula is C29H25FN6O3. The van der Waals surface area contributed by atoms with Gasteiger partial charge in [-0.2, -0.15) is 0 Å². The number of fused-ring (bicyclic) bond motifs is 1. The average molecular weight is 525 g/mol. The number of aromatic carboxylic acids is 1. The molecule has 39 heavy (non-hydrogen) atoms. The maximum absolute atomic E-state index is 15.5. The molecule has 1 aliphatic heterocycles. The Morgan fingerprint density at radius 1 is 0.923 bits per heavy atom. The number of carbonyl (C=O) groups is 1. The number of hydrogen-bond donors (Lipinski definition) is 1. The number of pyridine rings is 1. The van der Waals surface area contributed by atoms with Gasteiger partial charge < -0.3 is 19.5 Å². The van der Waals surface area contributed by atoms with Crippen LogP contribution in [-0.4, -0.2) is 56.8 Å². The third-order valence-corrected chi connectivity index (χ3v) is 7.05. The van der Waals surface area contributed by atoms with E-state index in [2.05, 4.69) is 27.3 Å². The van der Waals surface area contributed by atoms with Crippen LogP contribution in [-0.2, 0) is 6.54 Å². The maximum atomic E-state index is 15.5. The van der Waals surface area contributed by atoms with Gasteiger partial charge in [0.25, 0.3) is 0 Å². The number of piperazine rings is 1. The highest BCUT2D eigenvalue weighted by atomic mass is 19.1. The van der Waals surface area contributed by atoms with Crippen LogP contribution < -0.4 is 15.2 Å². The van der Waals surface area contributed by atoms with Crippen molar-refractivity contribution in [3.8, 4) is 5.69 Å². The molecule has 1 fully saturated rings. The SMILES string of the molecule is O=C(O)c1cn(-c2cccc(Cn3ccnn3)c2)c2cc(N3CCN(c4ccccc4)CC3)c(F)cc2c1=O. The first kappa shape index (κ1) is 24.4. The number of para-hydroxylation sites is 1. The third-order valence-electron chi connectivity index (χ3n) is 7.05. The molecule has 0 radical (unpaired) electrons. The van der Waals surface area contributed by atoms with Crippen molar-refractivity contribution >= 4 is 28.2 Å². The molecule has 0 amide bonds. The Labute approximate surface area is 222 Å². The molecule has 196 valence electrons. The van der Waals surface area contributed by atoms with Gasteiger partial charge in [-0.1, -0.05) is 35.5 Å². The highest BCUT2D eigenvalue weighted by Gasteiger charge is 2.23. The van der Waals surface area contributed by atoms with E-state index in [0.29, 0.717) is 36.5 Å². The summed E-state index contributed by atoms with van der Waals surface area (Å²) in [6.45, 7) is 3.10. The molecule has 9 nitrogen and oxygen atoms in total. The van der Waals surface area contributed by atoms with Crippen LogP contribution in [0.15, 0.2) is 90.1 Å². The Hall–Kier alpha value is -4.99. The Kier molecular flexibility index (Phi) is 6.28. The fourth-order valence-electron chi connectivity index (χ4n) is 5.10. The number of benzene rings is 3. The predicted octanol–water partition coefficient (Wildman–Crippen LogP) is 3.79. The van der Waals surface area contributed by atoms with E-state index in [0.717, 1.165) is 24.3 Å². The van der Waals surface area contributed by atoms with E-state index < -0.39 is 22.8 Å². The summed E-state index contributed by atoms with van der Waals surface area (Å²) in [7, 11) is 0. The Balaban J connectivity index is 1.41. The van der Waals surface area contributed by atoms with Gasteiger partial charge in [0, 0.05) is 55.3 Å². The summed E-state index contributed by atoms with van der Waals surface area (Å²) in [5.74, 6) is -1.92. The number of anilines is 2. The Morgan fingerprint density at radius 2 is 1.67 bits per heavy atom. The molecule has 5 aromatic rings. The van der Waals surface area contributed by atoms with Crippen LogP contribution in [0.5, 0.6) is 0 Å². The predicted molar refractivity (Wildman–Crippen MR) is 146 cm³/mol. The fourth-order valence-corrected chi connectivity index (χ4v) is 5.10. The smallest absolute Gasteiger partial charge is 0.341 e. The van der Waals surface area contributed by atoms with Crippen molar-refractivity contribution in [2.45, 2.75) is 6.54 Å². The van der Waals surface area contributed by atoms with Gasteiger partial charge in [-0.3, -0.25) is 4.79 Å². The van der Waals surface area contributed by atoms with Crippen LogP contribution in [0.3, 0.4) is 0 Å². The number of carboxylic acids is 1. The molecule has 10 heteroatoms. The van der Waals surface area contributed by atoms with Gasteiger partial charge in [0.2, 0.25) is 5.43 Å². The molecule has 1 aliphatic rings. The summed E-state index contributed by atoms with van der Waals surface area (Å²) in [6.07, 6.45) is 4.65. The van der Waals surface area contributed by atoms with Crippen molar-refractivity contribution in [2.75, 3.05) is 36.0 Å². The summed E-state index contributed by atoms with van der Waals surface area (Å²) in [5.41, 5.74) is 2.35. The number of carboxylic acid groups (broad SMARTS) is 1. The largest absolute Gasteiger partial charge is 0.477 e. The molecule has 2 aromatic heterocycles. The molecule has 0 unspecified atom stereocenters. The average Bonchev–Trinajstić information content (AvgIpc) is 3.47. The monoisotopic (exact) mass is 524 g/mol. The zero-order valence-corrected chi connectivity index (χ0v) is 20.9. The molecule has 0 bridgehead atoms. The van der Waals surface area contributed by atoms with Gasteiger partial charge in [-0.05, 0) is 42.0 Å². The van der Waals surface area contributed by atoms with Gasteiger partial charge in [-0.25, -0.2) is 13.9 Å². The van der Waals surface area contributed by atoms with Gasteiger partial charge in [0.15, 0.2) is 0 Å². The number of rotatable bonds is 6. The van der Waals surface area contributed by atoms with Crippen molar-refractivity contribution in [3.63, 3.8) is 0 Å². The molecule has 1 N–H and O–H groups in total. The zero-order valence-electron chi connectivity index (χ0n) is 20.9. The van der Waals surface area contributed by atoms with E-state index in [4.69, 9.17) is 0 Å². The van der Waals surface area contributed by atoms with Crippen LogP contribution in [0, 0.1) is 5.82 Å². The molecule has 3 aromatic carbocycles. The maximum Gasteiger partial charge on any atom is 0.341 e. The summed E-state index contributed by atoms with van der Waals surface area (Å²) < 4.78 is 18.8. The van der Waals surface area contributed by atoms with Crippen LogP contribution in [0.25, 0.3) is 16.6 Å². The van der Waals surface area contributed by atoms with Gasteiger partial charge in [-0.15, -0.1) is 5.10 Å². The minimum Gasteiger partial charge on any atom is -0.477 e. The van der Waals surface area contributed by atoms with Crippen molar-refractivity contribution in [1.82, 2.24) is 19.6 Å².